The molecule has 5 nitrogen and oxygen atoms in total. The summed E-state index contributed by atoms with van der Waals surface area (Å²) in [5, 5.41) is 10.8. The van der Waals surface area contributed by atoms with Crippen LogP contribution in [0.4, 0.5) is 5.69 Å². The van der Waals surface area contributed by atoms with E-state index >= 15 is 0 Å². The molecular formula is C28H23N3O2S. The molecular weight excluding hydrogens is 442 g/mol. The maximum Gasteiger partial charge on any atom is 0.251 e. The van der Waals surface area contributed by atoms with Gasteiger partial charge in [-0.2, -0.15) is 0 Å². The Balaban J connectivity index is 1.33. The van der Waals surface area contributed by atoms with Crippen LogP contribution in [0.2, 0.25) is 0 Å². The first-order chi connectivity index (χ1) is 16.6. The fourth-order valence-corrected chi connectivity index (χ4v) is 3.71. The SMILES string of the molecule is O=C(/C=C/c1cccc2ccccc12)NC(=S)Nc1cccc(C(=O)NCc2ccccc2)c1. The van der Waals surface area contributed by atoms with E-state index in [1.165, 1.54) is 6.08 Å². The monoisotopic (exact) mass is 465 g/mol. The van der Waals surface area contributed by atoms with Gasteiger partial charge < -0.3 is 10.6 Å². The van der Waals surface area contributed by atoms with E-state index in [2.05, 4.69) is 16.0 Å². The summed E-state index contributed by atoms with van der Waals surface area (Å²) < 4.78 is 0. The van der Waals surface area contributed by atoms with Gasteiger partial charge >= 0.3 is 0 Å². The van der Waals surface area contributed by atoms with Gasteiger partial charge in [-0.1, -0.05) is 78.9 Å². The molecule has 3 N–H and O–H groups in total. The summed E-state index contributed by atoms with van der Waals surface area (Å²) in [4.78, 5) is 24.9. The van der Waals surface area contributed by atoms with Crippen molar-refractivity contribution in [3.05, 3.63) is 120 Å². The Labute approximate surface area is 203 Å². The lowest BCUT2D eigenvalue weighted by molar-refractivity contribution is -0.115. The van der Waals surface area contributed by atoms with Gasteiger partial charge in [0.05, 0.1) is 0 Å². The van der Waals surface area contributed by atoms with Crippen molar-refractivity contribution < 1.29 is 9.59 Å². The summed E-state index contributed by atoms with van der Waals surface area (Å²) >= 11 is 5.27. The number of carbonyl (C=O) groups excluding carboxylic acids is 2. The minimum atomic E-state index is -0.345. The number of nitrogens with one attached hydrogen (secondary N) is 3. The Morgan fingerprint density at radius 3 is 2.41 bits per heavy atom. The van der Waals surface area contributed by atoms with Gasteiger partial charge in [0.1, 0.15) is 0 Å². The number of anilines is 1. The van der Waals surface area contributed by atoms with Crippen molar-refractivity contribution >= 4 is 51.7 Å². The first kappa shape index (κ1) is 22.9. The number of thiocarbonyl (C=S) groups is 1. The number of benzene rings is 4. The first-order valence-electron chi connectivity index (χ1n) is 10.8. The highest BCUT2D eigenvalue weighted by molar-refractivity contribution is 7.80. The minimum Gasteiger partial charge on any atom is -0.348 e. The van der Waals surface area contributed by atoms with Crippen molar-refractivity contribution in [2.24, 2.45) is 0 Å². The Morgan fingerprint density at radius 1 is 0.824 bits per heavy atom. The molecule has 2 amide bonds. The first-order valence-corrected chi connectivity index (χ1v) is 11.2. The van der Waals surface area contributed by atoms with Crippen LogP contribution in [0.1, 0.15) is 21.5 Å². The third kappa shape index (κ3) is 6.15. The maximum atomic E-state index is 12.5. The smallest absolute Gasteiger partial charge is 0.251 e. The molecule has 168 valence electrons. The van der Waals surface area contributed by atoms with Crippen LogP contribution in [0.15, 0.2) is 103 Å². The molecule has 0 aliphatic rings. The number of rotatable bonds is 6. The topological polar surface area (TPSA) is 70.2 Å². The second-order valence-electron chi connectivity index (χ2n) is 7.59. The van der Waals surface area contributed by atoms with Crippen molar-refractivity contribution in [3.8, 4) is 0 Å². The van der Waals surface area contributed by atoms with Gasteiger partial charge in [-0.15, -0.1) is 0 Å². The van der Waals surface area contributed by atoms with Gasteiger partial charge in [0, 0.05) is 23.9 Å². The van der Waals surface area contributed by atoms with Gasteiger partial charge in [0.2, 0.25) is 5.91 Å². The summed E-state index contributed by atoms with van der Waals surface area (Å²) in [7, 11) is 0. The van der Waals surface area contributed by atoms with Gasteiger partial charge in [-0.25, -0.2) is 0 Å². The lowest BCUT2D eigenvalue weighted by Gasteiger charge is -2.10. The van der Waals surface area contributed by atoms with E-state index in [1.54, 1.807) is 30.3 Å². The van der Waals surface area contributed by atoms with Crippen LogP contribution in [0, 0.1) is 0 Å². The molecule has 0 aliphatic carbocycles. The molecule has 0 radical (unpaired) electrons. The summed E-state index contributed by atoms with van der Waals surface area (Å²) in [6.45, 7) is 0.439. The van der Waals surface area contributed by atoms with Crippen LogP contribution in [0.5, 0.6) is 0 Å². The van der Waals surface area contributed by atoms with Crippen molar-refractivity contribution in [2.75, 3.05) is 5.32 Å². The van der Waals surface area contributed by atoms with Crippen molar-refractivity contribution in [1.29, 1.82) is 0 Å². The Hall–Kier alpha value is -4.29. The zero-order valence-corrected chi connectivity index (χ0v) is 19.1. The van der Waals surface area contributed by atoms with Gasteiger partial charge in [0.15, 0.2) is 5.11 Å². The standard InChI is InChI=1S/C28H23N3O2S/c32-26(17-16-22-12-6-11-21-10-4-5-15-25(21)22)31-28(34)30-24-14-7-13-23(18-24)27(33)29-19-20-8-2-1-3-9-20/h1-18H,19H2,(H,29,33)(H2,30,31,32,34)/b17-16+. The molecule has 6 heteroatoms. The average molecular weight is 466 g/mol. The molecule has 0 heterocycles. The van der Waals surface area contributed by atoms with E-state index in [9.17, 15) is 9.59 Å². The van der Waals surface area contributed by atoms with E-state index < -0.39 is 0 Å². The quantitative estimate of drug-likeness (QED) is 0.267. The zero-order valence-electron chi connectivity index (χ0n) is 18.3. The fraction of sp³-hybridized carbons (Fsp3) is 0.0357. The molecule has 0 atom stereocenters. The second kappa shape index (κ2) is 11.0. The third-order valence-corrected chi connectivity index (χ3v) is 5.36. The maximum absolute atomic E-state index is 12.5. The summed E-state index contributed by atoms with van der Waals surface area (Å²) in [5.74, 6) is -0.539. The van der Waals surface area contributed by atoms with Crippen LogP contribution in [-0.2, 0) is 11.3 Å². The summed E-state index contributed by atoms with van der Waals surface area (Å²) in [5.41, 5.74) is 3.06. The molecule has 0 unspecified atom stereocenters. The Morgan fingerprint density at radius 2 is 1.56 bits per heavy atom. The van der Waals surface area contributed by atoms with Crippen molar-refractivity contribution in [2.45, 2.75) is 6.54 Å². The Bertz CT molecular complexity index is 1360. The average Bonchev–Trinajstić information content (AvgIpc) is 2.86. The minimum absolute atomic E-state index is 0.148. The number of fused-ring (bicyclic) bond motifs is 1. The van der Waals surface area contributed by atoms with E-state index in [-0.39, 0.29) is 16.9 Å². The zero-order chi connectivity index (χ0) is 23.8. The van der Waals surface area contributed by atoms with Crippen LogP contribution in [-0.4, -0.2) is 16.9 Å². The highest BCUT2D eigenvalue weighted by atomic mass is 32.1. The van der Waals surface area contributed by atoms with E-state index in [4.69, 9.17) is 12.2 Å². The van der Waals surface area contributed by atoms with Gasteiger partial charge in [-0.3, -0.25) is 14.9 Å². The molecule has 4 aromatic rings. The van der Waals surface area contributed by atoms with E-state index in [0.29, 0.717) is 17.8 Å². The van der Waals surface area contributed by atoms with Crippen molar-refractivity contribution in [3.63, 3.8) is 0 Å². The van der Waals surface area contributed by atoms with Crippen LogP contribution in [0.25, 0.3) is 16.8 Å². The predicted octanol–water partition coefficient (Wildman–Crippen LogP) is 5.30. The van der Waals surface area contributed by atoms with Crippen LogP contribution < -0.4 is 16.0 Å². The highest BCUT2D eigenvalue weighted by Gasteiger charge is 2.08. The number of hydrogen-bond acceptors (Lipinski definition) is 3. The summed E-state index contributed by atoms with van der Waals surface area (Å²) in [6.07, 6.45) is 3.21. The molecule has 0 saturated carbocycles. The number of carbonyl (C=O) groups is 2. The van der Waals surface area contributed by atoms with Crippen LogP contribution in [0.3, 0.4) is 0 Å². The third-order valence-electron chi connectivity index (χ3n) is 5.15. The molecule has 4 rings (SSSR count). The number of hydrogen-bond donors (Lipinski definition) is 3. The molecule has 0 spiro atoms. The molecule has 4 aromatic carbocycles. The molecule has 0 saturated heterocycles. The van der Waals surface area contributed by atoms with Crippen molar-refractivity contribution in [1.82, 2.24) is 10.6 Å². The lowest BCUT2D eigenvalue weighted by Crippen LogP contribution is -2.33. The second-order valence-corrected chi connectivity index (χ2v) is 8.00. The molecule has 0 aliphatic heterocycles. The van der Waals surface area contributed by atoms with Gasteiger partial charge in [0.25, 0.3) is 5.91 Å². The predicted molar refractivity (Wildman–Crippen MR) is 141 cm³/mol. The molecule has 0 bridgehead atoms. The molecule has 0 fully saturated rings. The lowest BCUT2D eigenvalue weighted by atomic mass is 10.0. The van der Waals surface area contributed by atoms with Gasteiger partial charge in [-0.05, 0) is 58.4 Å². The largest absolute Gasteiger partial charge is 0.348 e. The fourth-order valence-electron chi connectivity index (χ4n) is 3.50. The molecule has 34 heavy (non-hydrogen) atoms. The number of amides is 2. The van der Waals surface area contributed by atoms with E-state index in [1.807, 2.05) is 72.8 Å². The summed E-state index contributed by atoms with van der Waals surface area (Å²) in [6, 6.07) is 30.6. The highest BCUT2D eigenvalue weighted by Crippen LogP contribution is 2.19. The van der Waals surface area contributed by atoms with E-state index in [0.717, 1.165) is 21.9 Å². The Kier molecular flexibility index (Phi) is 7.42. The molecule has 0 aromatic heterocycles. The normalized spacial score (nSPS) is 10.7. The van der Waals surface area contributed by atoms with Crippen LogP contribution >= 0.6 is 12.2 Å².